The number of nitrogens with two attached hydrogens (primary N) is 1. The lowest BCUT2D eigenvalue weighted by Crippen LogP contribution is -2.06. The maximum Gasteiger partial charge on any atom is 0.242 e. The van der Waals surface area contributed by atoms with Crippen LogP contribution in [-0.4, -0.2) is 26.4 Å². The van der Waals surface area contributed by atoms with E-state index in [4.69, 9.17) is 10.5 Å². The molecule has 0 amide bonds. The molecule has 2 rings (SSSR count). The van der Waals surface area contributed by atoms with Crippen LogP contribution in [0.5, 0.6) is 5.88 Å². The van der Waals surface area contributed by atoms with Crippen molar-refractivity contribution in [3.63, 3.8) is 0 Å². The standard InChI is InChI=1S/C11H16N6O/c1-3-6-18-11-9(12)10(13-7-14-11)15-8-4-5-17(2)16-8/h4-5,7H,3,6,12H2,1-2H3,(H,13,14,15,16). The van der Waals surface area contributed by atoms with E-state index in [2.05, 4.69) is 20.4 Å². The maximum absolute atomic E-state index is 5.93. The first-order valence-electron chi connectivity index (χ1n) is 5.70. The molecule has 0 aliphatic rings. The zero-order chi connectivity index (χ0) is 13.0. The van der Waals surface area contributed by atoms with Gasteiger partial charge in [0, 0.05) is 19.3 Å². The topological polar surface area (TPSA) is 90.9 Å². The van der Waals surface area contributed by atoms with Crippen molar-refractivity contribution in [2.45, 2.75) is 13.3 Å². The van der Waals surface area contributed by atoms with Crippen LogP contribution in [0.15, 0.2) is 18.6 Å². The Labute approximate surface area is 105 Å². The summed E-state index contributed by atoms with van der Waals surface area (Å²) < 4.78 is 7.12. The van der Waals surface area contributed by atoms with E-state index in [-0.39, 0.29) is 0 Å². The second kappa shape index (κ2) is 5.35. The minimum Gasteiger partial charge on any atom is -0.476 e. The van der Waals surface area contributed by atoms with E-state index in [0.717, 1.165) is 6.42 Å². The molecule has 0 bridgehead atoms. The number of hydrogen-bond donors (Lipinski definition) is 2. The Morgan fingerprint density at radius 2 is 2.28 bits per heavy atom. The second-order valence-corrected chi connectivity index (χ2v) is 3.79. The van der Waals surface area contributed by atoms with Crippen LogP contribution in [0.2, 0.25) is 0 Å². The SMILES string of the molecule is CCCOc1ncnc(Nc2ccn(C)n2)c1N. The third-order valence-corrected chi connectivity index (χ3v) is 2.25. The summed E-state index contributed by atoms with van der Waals surface area (Å²) >= 11 is 0. The van der Waals surface area contributed by atoms with Gasteiger partial charge in [0.1, 0.15) is 12.0 Å². The fraction of sp³-hybridized carbons (Fsp3) is 0.364. The third-order valence-electron chi connectivity index (χ3n) is 2.25. The largest absolute Gasteiger partial charge is 0.476 e. The number of rotatable bonds is 5. The average molecular weight is 248 g/mol. The Morgan fingerprint density at radius 1 is 1.44 bits per heavy atom. The van der Waals surface area contributed by atoms with Gasteiger partial charge in [-0.15, -0.1) is 0 Å². The van der Waals surface area contributed by atoms with Crippen LogP contribution in [0.3, 0.4) is 0 Å². The van der Waals surface area contributed by atoms with Crippen molar-refractivity contribution in [2.24, 2.45) is 7.05 Å². The molecule has 2 aromatic heterocycles. The zero-order valence-electron chi connectivity index (χ0n) is 10.4. The number of aryl methyl sites for hydroxylation is 1. The van der Waals surface area contributed by atoms with Gasteiger partial charge in [-0.25, -0.2) is 4.98 Å². The molecule has 18 heavy (non-hydrogen) atoms. The molecular weight excluding hydrogens is 232 g/mol. The van der Waals surface area contributed by atoms with Crippen molar-refractivity contribution < 1.29 is 4.74 Å². The summed E-state index contributed by atoms with van der Waals surface area (Å²) in [5.41, 5.74) is 6.32. The summed E-state index contributed by atoms with van der Waals surface area (Å²) in [6, 6.07) is 1.83. The quantitative estimate of drug-likeness (QED) is 0.829. The molecule has 96 valence electrons. The van der Waals surface area contributed by atoms with Crippen LogP contribution in [0.4, 0.5) is 17.3 Å². The molecule has 7 nitrogen and oxygen atoms in total. The molecular formula is C11H16N6O. The monoisotopic (exact) mass is 248 g/mol. The van der Waals surface area contributed by atoms with Gasteiger partial charge in [0.25, 0.3) is 0 Å². The minimum absolute atomic E-state index is 0.386. The number of anilines is 3. The van der Waals surface area contributed by atoms with Gasteiger partial charge < -0.3 is 15.8 Å². The summed E-state index contributed by atoms with van der Waals surface area (Å²) in [5.74, 6) is 1.56. The summed E-state index contributed by atoms with van der Waals surface area (Å²) in [6.45, 7) is 2.59. The van der Waals surface area contributed by atoms with Crippen molar-refractivity contribution in [1.29, 1.82) is 0 Å². The Balaban J connectivity index is 2.17. The van der Waals surface area contributed by atoms with E-state index in [0.29, 0.717) is 29.8 Å². The fourth-order valence-corrected chi connectivity index (χ4v) is 1.40. The number of nitrogens with zero attached hydrogens (tertiary/aromatic N) is 4. The van der Waals surface area contributed by atoms with E-state index >= 15 is 0 Å². The minimum atomic E-state index is 0.386. The van der Waals surface area contributed by atoms with E-state index < -0.39 is 0 Å². The number of nitrogen functional groups attached to an aromatic ring is 1. The Kier molecular flexibility index (Phi) is 3.61. The van der Waals surface area contributed by atoms with Gasteiger partial charge >= 0.3 is 0 Å². The molecule has 7 heteroatoms. The van der Waals surface area contributed by atoms with Crippen LogP contribution in [0.25, 0.3) is 0 Å². The first-order chi connectivity index (χ1) is 8.70. The van der Waals surface area contributed by atoms with Gasteiger partial charge in [0.2, 0.25) is 5.88 Å². The Hall–Kier alpha value is -2.31. The van der Waals surface area contributed by atoms with Crippen LogP contribution in [-0.2, 0) is 7.05 Å². The molecule has 0 atom stereocenters. The highest BCUT2D eigenvalue weighted by Crippen LogP contribution is 2.26. The smallest absolute Gasteiger partial charge is 0.242 e. The summed E-state index contributed by atoms with van der Waals surface area (Å²) in [4.78, 5) is 8.07. The number of hydrogen-bond acceptors (Lipinski definition) is 6. The van der Waals surface area contributed by atoms with Crippen molar-refractivity contribution in [3.8, 4) is 5.88 Å². The molecule has 0 aromatic carbocycles. The fourth-order valence-electron chi connectivity index (χ4n) is 1.40. The highest BCUT2D eigenvalue weighted by molar-refractivity contribution is 5.70. The van der Waals surface area contributed by atoms with Crippen molar-refractivity contribution in [1.82, 2.24) is 19.7 Å². The highest BCUT2D eigenvalue weighted by Gasteiger charge is 2.10. The lowest BCUT2D eigenvalue weighted by molar-refractivity contribution is 0.307. The van der Waals surface area contributed by atoms with E-state index in [1.54, 1.807) is 4.68 Å². The average Bonchev–Trinajstić information content (AvgIpc) is 2.76. The van der Waals surface area contributed by atoms with E-state index in [1.807, 2.05) is 26.2 Å². The summed E-state index contributed by atoms with van der Waals surface area (Å²) in [5, 5.41) is 7.21. The molecule has 0 fully saturated rings. The van der Waals surface area contributed by atoms with Gasteiger partial charge in [0.05, 0.1) is 6.61 Å². The first-order valence-corrected chi connectivity index (χ1v) is 5.70. The summed E-state index contributed by atoms with van der Waals surface area (Å²) in [7, 11) is 1.84. The first kappa shape index (κ1) is 12.2. The lowest BCUT2D eigenvalue weighted by atomic mass is 10.4. The van der Waals surface area contributed by atoms with Crippen LogP contribution in [0, 0.1) is 0 Å². The van der Waals surface area contributed by atoms with Gasteiger partial charge in [-0.3, -0.25) is 4.68 Å². The van der Waals surface area contributed by atoms with Crippen LogP contribution >= 0.6 is 0 Å². The van der Waals surface area contributed by atoms with Gasteiger partial charge in [-0.1, -0.05) is 6.92 Å². The molecule has 2 heterocycles. The van der Waals surface area contributed by atoms with Crippen molar-refractivity contribution in [2.75, 3.05) is 17.7 Å². The predicted molar refractivity (Wildman–Crippen MR) is 68.7 cm³/mol. The number of ether oxygens (including phenoxy) is 1. The molecule has 0 aliphatic heterocycles. The van der Waals surface area contributed by atoms with Crippen LogP contribution < -0.4 is 15.8 Å². The lowest BCUT2D eigenvalue weighted by Gasteiger charge is -2.09. The molecule has 0 saturated carbocycles. The number of aromatic nitrogens is 4. The molecule has 0 radical (unpaired) electrons. The van der Waals surface area contributed by atoms with E-state index in [9.17, 15) is 0 Å². The second-order valence-electron chi connectivity index (χ2n) is 3.79. The van der Waals surface area contributed by atoms with Crippen molar-refractivity contribution >= 4 is 17.3 Å². The normalized spacial score (nSPS) is 10.3. The van der Waals surface area contributed by atoms with Crippen LogP contribution in [0.1, 0.15) is 13.3 Å². The van der Waals surface area contributed by atoms with Gasteiger partial charge in [0.15, 0.2) is 11.6 Å². The highest BCUT2D eigenvalue weighted by atomic mass is 16.5. The molecule has 0 saturated heterocycles. The molecule has 0 unspecified atom stereocenters. The molecule has 2 aromatic rings. The van der Waals surface area contributed by atoms with E-state index in [1.165, 1.54) is 6.33 Å². The maximum atomic E-state index is 5.93. The zero-order valence-corrected chi connectivity index (χ0v) is 10.4. The third kappa shape index (κ3) is 2.68. The number of nitrogens with one attached hydrogen (secondary N) is 1. The van der Waals surface area contributed by atoms with Gasteiger partial charge in [-0.05, 0) is 6.42 Å². The van der Waals surface area contributed by atoms with Crippen molar-refractivity contribution in [3.05, 3.63) is 18.6 Å². The molecule has 3 N–H and O–H groups in total. The Bertz CT molecular complexity index is 524. The predicted octanol–water partition coefficient (Wildman–Crippen LogP) is 1.32. The molecule has 0 spiro atoms. The molecule has 0 aliphatic carbocycles. The summed E-state index contributed by atoms with van der Waals surface area (Å²) in [6.07, 6.45) is 4.13. The van der Waals surface area contributed by atoms with Gasteiger partial charge in [-0.2, -0.15) is 10.1 Å². The Morgan fingerprint density at radius 3 is 2.94 bits per heavy atom.